The lowest BCUT2D eigenvalue weighted by Gasteiger charge is -2.04. The fourth-order valence-electron chi connectivity index (χ4n) is 3.16. The van der Waals surface area contributed by atoms with E-state index in [4.69, 9.17) is 0 Å². The lowest BCUT2D eigenvalue weighted by molar-refractivity contribution is 0.608. The van der Waals surface area contributed by atoms with Crippen LogP contribution in [0.4, 0.5) is 0 Å². The minimum atomic E-state index is -0.494. The summed E-state index contributed by atoms with van der Waals surface area (Å²) in [6.07, 6.45) is 3.34. The maximum atomic E-state index is 12.5. The van der Waals surface area contributed by atoms with Crippen molar-refractivity contribution in [1.29, 1.82) is 0 Å². The SMILES string of the molecule is CCCCn1c(=O)[nH]c(=O)c2c1nc(Cn1nc3ccccn3c1=O)n2C. The summed E-state index contributed by atoms with van der Waals surface area (Å²) in [5.74, 6) is 0.469. The molecule has 4 aromatic heterocycles. The molecule has 4 aromatic rings. The molecule has 0 saturated carbocycles. The first-order chi connectivity index (χ1) is 13.0. The molecule has 0 unspecified atom stereocenters. The van der Waals surface area contributed by atoms with Gasteiger partial charge < -0.3 is 4.57 Å². The number of unbranched alkanes of at least 4 members (excludes halogenated alkanes) is 1. The molecule has 4 heterocycles. The van der Waals surface area contributed by atoms with Crippen molar-refractivity contribution in [2.45, 2.75) is 32.9 Å². The van der Waals surface area contributed by atoms with Gasteiger partial charge in [-0.05, 0) is 18.6 Å². The van der Waals surface area contributed by atoms with Gasteiger partial charge in [-0.1, -0.05) is 19.4 Å². The topological polar surface area (TPSA) is 112 Å². The number of pyridine rings is 1. The van der Waals surface area contributed by atoms with Crippen LogP contribution >= 0.6 is 0 Å². The quantitative estimate of drug-likeness (QED) is 0.535. The molecular formula is C17H19N7O3. The van der Waals surface area contributed by atoms with E-state index >= 15 is 0 Å². The Bertz CT molecular complexity index is 1320. The number of fused-ring (bicyclic) bond motifs is 2. The monoisotopic (exact) mass is 369 g/mol. The molecule has 0 bridgehead atoms. The smallest absolute Gasteiger partial charge is 0.324 e. The van der Waals surface area contributed by atoms with E-state index in [-0.39, 0.29) is 12.2 Å². The number of nitrogens with one attached hydrogen (secondary N) is 1. The molecule has 0 atom stereocenters. The Balaban J connectivity index is 1.87. The molecule has 27 heavy (non-hydrogen) atoms. The van der Waals surface area contributed by atoms with Gasteiger partial charge in [-0.3, -0.25) is 18.7 Å². The van der Waals surface area contributed by atoms with Crippen molar-refractivity contribution >= 4 is 16.8 Å². The molecule has 4 rings (SSSR count). The average molecular weight is 369 g/mol. The van der Waals surface area contributed by atoms with E-state index < -0.39 is 11.2 Å². The second kappa shape index (κ2) is 6.38. The number of hydrogen-bond acceptors (Lipinski definition) is 5. The first kappa shape index (κ1) is 17.0. The zero-order chi connectivity index (χ0) is 19.1. The average Bonchev–Trinajstić information content (AvgIpc) is 3.13. The fourth-order valence-corrected chi connectivity index (χ4v) is 3.16. The van der Waals surface area contributed by atoms with E-state index in [9.17, 15) is 14.4 Å². The van der Waals surface area contributed by atoms with Crippen LogP contribution in [0, 0.1) is 0 Å². The minimum Gasteiger partial charge on any atom is -0.324 e. The third-order valence-corrected chi connectivity index (χ3v) is 4.62. The molecule has 0 radical (unpaired) electrons. The molecule has 0 aliphatic carbocycles. The first-order valence-corrected chi connectivity index (χ1v) is 8.74. The van der Waals surface area contributed by atoms with Crippen molar-refractivity contribution in [2.75, 3.05) is 0 Å². The number of rotatable bonds is 5. The van der Waals surface area contributed by atoms with Crippen molar-refractivity contribution in [3.05, 3.63) is 61.5 Å². The van der Waals surface area contributed by atoms with Crippen LogP contribution in [0.2, 0.25) is 0 Å². The first-order valence-electron chi connectivity index (χ1n) is 8.74. The van der Waals surface area contributed by atoms with Crippen molar-refractivity contribution in [3.8, 4) is 0 Å². The Hall–Kier alpha value is -3.43. The largest absolute Gasteiger partial charge is 0.350 e. The standard InChI is InChI=1S/C17H19N7O3/c1-3-4-8-23-14-13(15(25)19-16(23)26)21(2)12(18-14)10-24-17(27)22-9-6-5-7-11(22)20-24/h5-7,9H,3-4,8,10H2,1-2H3,(H,19,25,26). The Morgan fingerprint density at radius 3 is 2.74 bits per heavy atom. The third-order valence-electron chi connectivity index (χ3n) is 4.62. The van der Waals surface area contributed by atoms with Gasteiger partial charge in [0.2, 0.25) is 0 Å². The lowest BCUT2D eigenvalue weighted by Crippen LogP contribution is -2.31. The molecule has 0 aromatic carbocycles. The number of imidazole rings is 1. The van der Waals surface area contributed by atoms with E-state index in [0.717, 1.165) is 12.8 Å². The second-order valence-corrected chi connectivity index (χ2v) is 6.39. The molecule has 10 heteroatoms. The van der Waals surface area contributed by atoms with Gasteiger partial charge in [-0.2, -0.15) is 0 Å². The van der Waals surface area contributed by atoms with Gasteiger partial charge in [0.05, 0.1) is 0 Å². The van der Waals surface area contributed by atoms with Gasteiger partial charge in [0.1, 0.15) is 12.4 Å². The minimum absolute atomic E-state index is 0.0904. The number of aromatic amines is 1. The second-order valence-electron chi connectivity index (χ2n) is 6.39. The molecule has 0 aliphatic rings. The summed E-state index contributed by atoms with van der Waals surface area (Å²) in [7, 11) is 1.69. The third kappa shape index (κ3) is 2.69. The van der Waals surface area contributed by atoms with Crippen LogP contribution in [0.25, 0.3) is 16.8 Å². The van der Waals surface area contributed by atoms with Crippen LogP contribution in [0.5, 0.6) is 0 Å². The molecule has 140 valence electrons. The highest BCUT2D eigenvalue weighted by Gasteiger charge is 2.18. The highest BCUT2D eigenvalue weighted by Crippen LogP contribution is 2.11. The van der Waals surface area contributed by atoms with E-state index in [0.29, 0.717) is 29.2 Å². The Morgan fingerprint density at radius 2 is 2.00 bits per heavy atom. The maximum absolute atomic E-state index is 12.5. The summed E-state index contributed by atoms with van der Waals surface area (Å²) in [6, 6.07) is 5.29. The number of hydrogen-bond donors (Lipinski definition) is 1. The number of aryl methyl sites for hydroxylation is 2. The summed E-state index contributed by atoms with van der Waals surface area (Å²) >= 11 is 0. The van der Waals surface area contributed by atoms with Gasteiger partial charge in [0.25, 0.3) is 5.56 Å². The summed E-state index contributed by atoms with van der Waals surface area (Å²) in [6.45, 7) is 2.58. The summed E-state index contributed by atoms with van der Waals surface area (Å²) < 4.78 is 5.80. The van der Waals surface area contributed by atoms with Crippen LogP contribution in [0.15, 0.2) is 38.8 Å². The highest BCUT2D eigenvalue weighted by atomic mass is 16.2. The van der Waals surface area contributed by atoms with Gasteiger partial charge in [0, 0.05) is 19.8 Å². The van der Waals surface area contributed by atoms with Crippen molar-refractivity contribution in [2.24, 2.45) is 7.05 Å². The predicted molar refractivity (Wildman–Crippen MR) is 99.1 cm³/mol. The van der Waals surface area contributed by atoms with Gasteiger partial charge in [0.15, 0.2) is 16.8 Å². The van der Waals surface area contributed by atoms with E-state index in [2.05, 4.69) is 15.1 Å². The zero-order valence-corrected chi connectivity index (χ0v) is 15.0. The fraction of sp³-hybridized carbons (Fsp3) is 0.353. The Morgan fingerprint density at radius 1 is 1.19 bits per heavy atom. The number of aromatic nitrogens is 7. The van der Waals surface area contributed by atoms with Crippen molar-refractivity contribution in [3.63, 3.8) is 0 Å². The molecule has 1 N–H and O–H groups in total. The van der Waals surface area contributed by atoms with Crippen LogP contribution < -0.4 is 16.9 Å². The highest BCUT2D eigenvalue weighted by molar-refractivity contribution is 5.70. The van der Waals surface area contributed by atoms with Gasteiger partial charge in [-0.15, -0.1) is 5.10 Å². The van der Waals surface area contributed by atoms with Crippen molar-refractivity contribution in [1.82, 2.24) is 33.3 Å². The molecule has 0 aliphatic heterocycles. The molecule has 10 nitrogen and oxygen atoms in total. The van der Waals surface area contributed by atoms with Crippen LogP contribution in [0.3, 0.4) is 0 Å². The van der Waals surface area contributed by atoms with Crippen molar-refractivity contribution < 1.29 is 0 Å². The summed E-state index contributed by atoms with van der Waals surface area (Å²) in [4.78, 5) is 43.8. The normalized spacial score (nSPS) is 11.6. The van der Waals surface area contributed by atoms with Crippen LogP contribution in [-0.4, -0.2) is 33.3 Å². The summed E-state index contributed by atoms with van der Waals surface area (Å²) in [5, 5.41) is 4.29. The zero-order valence-electron chi connectivity index (χ0n) is 15.0. The van der Waals surface area contributed by atoms with Gasteiger partial charge in [-0.25, -0.2) is 19.3 Å². The molecule has 0 fully saturated rings. The van der Waals surface area contributed by atoms with E-state index in [1.165, 1.54) is 13.6 Å². The molecule has 0 saturated heterocycles. The predicted octanol–water partition coefficient (Wildman–Crippen LogP) is 0.0811. The molecule has 0 spiro atoms. The maximum Gasteiger partial charge on any atom is 0.350 e. The van der Waals surface area contributed by atoms with Crippen LogP contribution in [-0.2, 0) is 20.1 Å². The Labute approximate surface area is 152 Å². The number of nitrogens with zero attached hydrogens (tertiary/aromatic N) is 6. The van der Waals surface area contributed by atoms with Crippen LogP contribution in [0.1, 0.15) is 25.6 Å². The molecular weight excluding hydrogens is 350 g/mol. The Kier molecular flexibility index (Phi) is 4.02. The van der Waals surface area contributed by atoms with E-state index in [1.54, 1.807) is 36.0 Å². The molecule has 0 amide bonds. The summed E-state index contributed by atoms with van der Waals surface area (Å²) in [5.41, 5.74) is -0.111. The van der Waals surface area contributed by atoms with E-state index in [1.807, 2.05) is 6.92 Å². The lowest BCUT2D eigenvalue weighted by atomic mass is 10.3. The van der Waals surface area contributed by atoms with Gasteiger partial charge >= 0.3 is 11.4 Å². The number of H-pyrrole nitrogens is 1.